The first-order valence-corrected chi connectivity index (χ1v) is 10.3. The van der Waals surface area contributed by atoms with Gasteiger partial charge < -0.3 is 4.74 Å². The Kier molecular flexibility index (Phi) is 6.47. The summed E-state index contributed by atoms with van der Waals surface area (Å²) in [6.45, 7) is 4.13. The third kappa shape index (κ3) is 4.96. The number of sulfonamides is 1. The van der Waals surface area contributed by atoms with Gasteiger partial charge in [-0.3, -0.25) is 14.5 Å². The Morgan fingerprint density at radius 3 is 2.76 bits per heavy atom. The van der Waals surface area contributed by atoms with E-state index in [1.54, 1.807) is 6.07 Å². The first-order chi connectivity index (χ1) is 11.7. The largest absolute Gasteiger partial charge is 0.468 e. The lowest BCUT2D eigenvalue weighted by Gasteiger charge is -2.28. The lowest BCUT2D eigenvalue weighted by Crippen LogP contribution is -2.39. The van der Waals surface area contributed by atoms with E-state index < -0.39 is 16.0 Å². The summed E-state index contributed by atoms with van der Waals surface area (Å²) < 4.78 is 32.1. The normalized spacial score (nSPS) is 14.6. The van der Waals surface area contributed by atoms with Gasteiger partial charge in [-0.15, -0.1) is 11.8 Å². The topological polar surface area (TPSA) is 92.8 Å². The molecule has 1 aromatic rings. The number of carbonyl (C=O) groups is 2. The van der Waals surface area contributed by atoms with Crippen molar-refractivity contribution >= 4 is 39.3 Å². The standard InChI is InChI=1S/C16H22N2O5S2/c1-11(2)6-7-17-25(21,22)12-4-5-14-13(8-12)18(9-16(20)23-3)15(19)10-24-14/h4-5,8,11,17H,6-7,9-10H2,1-3H3. The second-order valence-electron chi connectivity index (χ2n) is 6.05. The fraction of sp³-hybridized carbons (Fsp3) is 0.500. The summed E-state index contributed by atoms with van der Waals surface area (Å²) in [4.78, 5) is 25.8. The zero-order valence-corrected chi connectivity index (χ0v) is 16.1. The van der Waals surface area contributed by atoms with Crippen LogP contribution in [0.15, 0.2) is 28.0 Å². The molecule has 9 heteroatoms. The number of fused-ring (bicyclic) bond motifs is 1. The SMILES string of the molecule is COC(=O)CN1C(=O)CSc2ccc(S(=O)(=O)NCCC(C)C)cc21. The number of nitrogens with zero attached hydrogens (tertiary/aromatic N) is 1. The monoisotopic (exact) mass is 386 g/mol. The van der Waals surface area contributed by atoms with Crippen LogP contribution in [0.25, 0.3) is 0 Å². The Morgan fingerprint density at radius 1 is 1.40 bits per heavy atom. The van der Waals surface area contributed by atoms with Gasteiger partial charge in [0, 0.05) is 11.4 Å². The smallest absolute Gasteiger partial charge is 0.325 e. The van der Waals surface area contributed by atoms with E-state index in [0.29, 0.717) is 18.2 Å². The second-order valence-corrected chi connectivity index (χ2v) is 8.84. The van der Waals surface area contributed by atoms with Crippen LogP contribution in [0.2, 0.25) is 0 Å². The van der Waals surface area contributed by atoms with Crippen LogP contribution in [0.1, 0.15) is 20.3 Å². The molecule has 1 heterocycles. The summed E-state index contributed by atoms with van der Waals surface area (Å²) >= 11 is 1.32. The van der Waals surface area contributed by atoms with Crippen molar-refractivity contribution in [1.29, 1.82) is 0 Å². The number of nitrogens with one attached hydrogen (secondary N) is 1. The van der Waals surface area contributed by atoms with E-state index in [9.17, 15) is 18.0 Å². The van der Waals surface area contributed by atoms with E-state index in [1.165, 1.54) is 35.9 Å². The van der Waals surface area contributed by atoms with E-state index in [-0.39, 0.29) is 23.1 Å². The molecular weight excluding hydrogens is 364 g/mol. The highest BCUT2D eigenvalue weighted by atomic mass is 32.2. The Labute approximate surface area is 152 Å². The molecule has 0 bridgehead atoms. The van der Waals surface area contributed by atoms with Crippen LogP contribution < -0.4 is 9.62 Å². The third-order valence-corrected chi connectivity index (χ3v) is 6.22. The van der Waals surface area contributed by atoms with E-state index in [1.807, 2.05) is 13.8 Å². The van der Waals surface area contributed by atoms with Gasteiger partial charge in [0.25, 0.3) is 0 Å². The van der Waals surface area contributed by atoms with Gasteiger partial charge in [-0.05, 0) is 30.5 Å². The molecule has 1 amide bonds. The number of carbonyl (C=O) groups excluding carboxylic acids is 2. The Bertz CT molecular complexity index is 762. The highest BCUT2D eigenvalue weighted by Gasteiger charge is 2.28. The minimum absolute atomic E-state index is 0.0696. The van der Waals surface area contributed by atoms with Crippen LogP contribution >= 0.6 is 11.8 Å². The van der Waals surface area contributed by atoms with Crippen molar-refractivity contribution in [2.75, 3.05) is 30.9 Å². The van der Waals surface area contributed by atoms with Crippen molar-refractivity contribution in [1.82, 2.24) is 4.72 Å². The zero-order valence-electron chi connectivity index (χ0n) is 14.4. The van der Waals surface area contributed by atoms with Crippen molar-refractivity contribution < 1.29 is 22.7 Å². The number of rotatable bonds is 7. The highest BCUT2D eigenvalue weighted by Crippen LogP contribution is 2.36. The molecule has 25 heavy (non-hydrogen) atoms. The average molecular weight is 386 g/mol. The van der Waals surface area contributed by atoms with Crippen LogP contribution in [-0.2, 0) is 24.3 Å². The second kappa shape index (κ2) is 8.20. The number of anilines is 1. The van der Waals surface area contributed by atoms with Crippen molar-refractivity contribution in [3.63, 3.8) is 0 Å². The van der Waals surface area contributed by atoms with Crippen LogP contribution in [0.3, 0.4) is 0 Å². The first-order valence-electron chi connectivity index (χ1n) is 7.88. The molecule has 0 aromatic heterocycles. The maximum atomic E-state index is 12.5. The van der Waals surface area contributed by atoms with Crippen molar-refractivity contribution in [3.8, 4) is 0 Å². The number of amides is 1. The Morgan fingerprint density at radius 2 is 2.12 bits per heavy atom. The molecule has 0 spiro atoms. The molecule has 0 atom stereocenters. The number of benzene rings is 1. The molecule has 1 aliphatic rings. The minimum atomic E-state index is -3.68. The van der Waals surface area contributed by atoms with E-state index in [0.717, 1.165) is 11.3 Å². The van der Waals surface area contributed by atoms with Gasteiger partial charge in [0.05, 0.1) is 23.4 Å². The fourth-order valence-electron chi connectivity index (χ4n) is 2.28. The van der Waals surface area contributed by atoms with Crippen molar-refractivity contribution in [2.45, 2.75) is 30.1 Å². The quantitative estimate of drug-likeness (QED) is 0.716. The molecule has 1 aromatic carbocycles. The lowest BCUT2D eigenvalue weighted by molar-refractivity contribution is -0.139. The zero-order chi connectivity index (χ0) is 18.6. The first kappa shape index (κ1) is 19.7. The number of ether oxygens (including phenoxy) is 1. The number of hydrogen-bond donors (Lipinski definition) is 1. The molecule has 7 nitrogen and oxygen atoms in total. The van der Waals surface area contributed by atoms with Crippen molar-refractivity contribution in [3.05, 3.63) is 18.2 Å². The van der Waals surface area contributed by atoms with Gasteiger partial charge >= 0.3 is 5.97 Å². The molecule has 1 aliphatic heterocycles. The summed E-state index contributed by atoms with van der Waals surface area (Å²) in [5.74, 6) is -0.238. The van der Waals surface area contributed by atoms with Gasteiger partial charge in [0.15, 0.2) is 0 Å². The predicted octanol–water partition coefficient (Wildman–Crippen LogP) is 1.62. The number of hydrogen-bond acceptors (Lipinski definition) is 6. The van der Waals surface area contributed by atoms with Gasteiger partial charge in [0.1, 0.15) is 6.54 Å². The summed E-state index contributed by atoms with van der Waals surface area (Å²) in [6, 6.07) is 4.60. The molecule has 0 saturated carbocycles. The van der Waals surface area contributed by atoms with E-state index in [4.69, 9.17) is 0 Å². The lowest BCUT2D eigenvalue weighted by atomic mass is 10.1. The van der Waals surface area contributed by atoms with Crippen LogP contribution in [0.5, 0.6) is 0 Å². The molecule has 0 unspecified atom stereocenters. The summed E-state index contributed by atoms with van der Waals surface area (Å²) in [5.41, 5.74) is 0.415. The molecule has 0 saturated heterocycles. The highest BCUT2D eigenvalue weighted by molar-refractivity contribution is 8.00. The molecule has 2 rings (SSSR count). The van der Waals surface area contributed by atoms with Crippen LogP contribution in [-0.4, -0.2) is 46.2 Å². The molecule has 0 radical (unpaired) electrons. The summed E-state index contributed by atoms with van der Waals surface area (Å²) in [7, 11) is -2.44. The number of thioether (sulfide) groups is 1. The molecule has 1 N–H and O–H groups in total. The van der Waals surface area contributed by atoms with E-state index >= 15 is 0 Å². The van der Waals surface area contributed by atoms with E-state index in [2.05, 4.69) is 9.46 Å². The molecule has 0 aliphatic carbocycles. The maximum absolute atomic E-state index is 12.5. The maximum Gasteiger partial charge on any atom is 0.325 e. The van der Waals surface area contributed by atoms with Gasteiger partial charge in [0.2, 0.25) is 15.9 Å². The Balaban J connectivity index is 2.29. The fourth-order valence-corrected chi connectivity index (χ4v) is 4.26. The van der Waals surface area contributed by atoms with Crippen molar-refractivity contribution in [2.24, 2.45) is 5.92 Å². The molecular formula is C16H22N2O5S2. The number of methoxy groups -OCH3 is 1. The number of esters is 1. The van der Waals surface area contributed by atoms with Crippen LogP contribution in [0.4, 0.5) is 5.69 Å². The predicted molar refractivity (Wildman–Crippen MR) is 96.2 cm³/mol. The van der Waals surface area contributed by atoms with Gasteiger partial charge in [-0.2, -0.15) is 0 Å². The van der Waals surface area contributed by atoms with Gasteiger partial charge in [-0.25, -0.2) is 13.1 Å². The average Bonchev–Trinajstić information content (AvgIpc) is 2.56. The Hall–Kier alpha value is -1.58. The third-order valence-electron chi connectivity index (χ3n) is 3.71. The summed E-state index contributed by atoms with van der Waals surface area (Å²) in [5, 5.41) is 0. The molecule has 138 valence electrons. The van der Waals surface area contributed by atoms with Gasteiger partial charge in [-0.1, -0.05) is 13.8 Å². The summed E-state index contributed by atoms with van der Waals surface area (Å²) in [6.07, 6.45) is 0.729. The molecule has 0 fully saturated rings. The minimum Gasteiger partial charge on any atom is -0.468 e. The van der Waals surface area contributed by atoms with Crippen LogP contribution in [0, 0.1) is 5.92 Å².